The number of rotatable bonds is 6. The molecule has 1 saturated carbocycles. The van der Waals surface area contributed by atoms with Crippen LogP contribution >= 0.6 is 0 Å². The third-order valence-corrected chi connectivity index (χ3v) is 5.70. The van der Waals surface area contributed by atoms with Gasteiger partial charge in [0.05, 0.1) is 17.6 Å². The van der Waals surface area contributed by atoms with Crippen LogP contribution in [0.1, 0.15) is 42.9 Å². The maximum absolute atomic E-state index is 5.02. The number of nitrogens with zero attached hydrogens (tertiary/aromatic N) is 2. The molecule has 0 spiro atoms. The van der Waals surface area contributed by atoms with E-state index in [4.69, 9.17) is 4.98 Å². The molecule has 0 atom stereocenters. The molecule has 140 valence electrons. The molecule has 2 nitrogen and oxygen atoms in total. The lowest BCUT2D eigenvalue weighted by Gasteiger charge is -2.26. The molecule has 0 aliphatic heterocycles. The Bertz CT molecular complexity index is 946. The second-order valence-electron chi connectivity index (χ2n) is 8.20. The van der Waals surface area contributed by atoms with Crippen molar-refractivity contribution in [2.45, 2.75) is 47.0 Å². The van der Waals surface area contributed by atoms with Gasteiger partial charge >= 0.3 is 0 Å². The fraction of sp³-hybridized carbons (Fsp3) is 0.400. The zero-order valence-corrected chi connectivity index (χ0v) is 17.0. The van der Waals surface area contributed by atoms with E-state index in [1.807, 2.05) is 0 Å². The number of aryl methyl sites for hydroxylation is 3. The highest BCUT2D eigenvalue weighted by molar-refractivity contribution is 6.02. The minimum Gasteiger partial charge on any atom is -0.370 e. The summed E-state index contributed by atoms with van der Waals surface area (Å²) in [7, 11) is 0. The lowest BCUT2D eigenvalue weighted by molar-refractivity contribution is 0.709. The molecule has 1 heterocycles. The minimum absolute atomic E-state index is 0.872. The van der Waals surface area contributed by atoms with Crippen LogP contribution in [0.15, 0.2) is 42.6 Å². The first-order valence-electron chi connectivity index (χ1n) is 10.3. The van der Waals surface area contributed by atoms with Crippen molar-refractivity contribution in [2.75, 3.05) is 18.0 Å². The first kappa shape index (κ1) is 18.0. The summed E-state index contributed by atoms with van der Waals surface area (Å²) in [5.41, 5.74) is 7.63. The highest BCUT2D eigenvalue weighted by Gasteiger charge is 2.25. The molecule has 1 aromatic heterocycles. The lowest BCUT2D eigenvalue weighted by atomic mass is 9.94. The summed E-state index contributed by atoms with van der Waals surface area (Å²) in [6.45, 7) is 11.1. The van der Waals surface area contributed by atoms with Crippen LogP contribution in [0.25, 0.3) is 22.0 Å². The molecular weight excluding hydrogens is 328 g/mol. The Balaban J connectivity index is 1.88. The molecule has 1 fully saturated rings. The molecular formula is C25H30N2. The van der Waals surface area contributed by atoms with Gasteiger partial charge in [0.25, 0.3) is 0 Å². The van der Waals surface area contributed by atoms with Gasteiger partial charge in [-0.1, -0.05) is 48.9 Å². The smallest absolute Gasteiger partial charge is 0.0787 e. The van der Waals surface area contributed by atoms with Gasteiger partial charge in [0.1, 0.15) is 0 Å². The van der Waals surface area contributed by atoms with Gasteiger partial charge in [-0.2, -0.15) is 0 Å². The van der Waals surface area contributed by atoms with Gasteiger partial charge in [-0.3, -0.25) is 4.98 Å². The molecule has 4 rings (SSSR count). The summed E-state index contributed by atoms with van der Waals surface area (Å²) in [4.78, 5) is 7.58. The Morgan fingerprint density at radius 1 is 1.00 bits per heavy atom. The van der Waals surface area contributed by atoms with Crippen molar-refractivity contribution in [2.24, 2.45) is 5.92 Å². The number of benzene rings is 2. The van der Waals surface area contributed by atoms with E-state index >= 15 is 0 Å². The van der Waals surface area contributed by atoms with Gasteiger partial charge in [-0.25, -0.2) is 0 Å². The monoisotopic (exact) mass is 358 g/mol. The van der Waals surface area contributed by atoms with Gasteiger partial charge in [0.15, 0.2) is 0 Å². The molecule has 0 amide bonds. The van der Waals surface area contributed by atoms with E-state index in [9.17, 15) is 0 Å². The lowest BCUT2D eigenvalue weighted by Crippen LogP contribution is -2.26. The number of anilines is 1. The van der Waals surface area contributed by atoms with Crippen molar-refractivity contribution in [1.82, 2.24) is 4.98 Å². The quantitative estimate of drug-likeness (QED) is 0.503. The van der Waals surface area contributed by atoms with Crippen LogP contribution in [0.3, 0.4) is 0 Å². The summed E-state index contributed by atoms with van der Waals surface area (Å²) < 4.78 is 0. The van der Waals surface area contributed by atoms with Crippen LogP contribution in [0.5, 0.6) is 0 Å². The molecule has 0 radical (unpaired) electrons. The van der Waals surface area contributed by atoms with Crippen molar-refractivity contribution in [1.29, 1.82) is 0 Å². The van der Waals surface area contributed by atoms with Gasteiger partial charge in [0.2, 0.25) is 0 Å². The van der Waals surface area contributed by atoms with Crippen molar-refractivity contribution in [3.63, 3.8) is 0 Å². The summed E-state index contributed by atoms with van der Waals surface area (Å²) in [5, 5.41) is 2.60. The molecule has 2 heteroatoms. The Hall–Kier alpha value is -2.35. The SMILES string of the molecule is CCCN(CC1CC1)c1cnc(-c2c(C)cc(C)cc2C)c2ccccc12. The number of hydrogen-bond acceptors (Lipinski definition) is 2. The van der Waals surface area contributed by atoms with E-state index in [1.165, 1.54) is 64.5 Å². The molecule has 27 heavy (non-hydrogen) atoms. The molecule has 0 bridgehead atoms. The third kappa shape index (κ3) is 3.58. The van der Waals surface area contributed by atoms with Crippen molar-refractivity contribution < 1.29 is 0 Å². The highest BCUT2D eigenvalue weighted by Crippen LogP contribution is 2.38. The third-order valence-electron chi connectivity index (χ3n) is 5.70. The number of hydrogen-bond donors (Lipinski definition) is 0. The zero-order chi connectivity index (χ0) is 19.0. The van der Waals surface area contributed by atoms with Crippen molar-refractivity contribution in [3.05, 3.63) is 59.3 Å². The Labute approximate surface area is 163 Å². The summed E-state index contributed by atoms with van der Waals surface area (Å²) >= 11 is 0. The van der Waals surface area contributed by atoms with E-state index < -0.39 is 0 Å². The van der Waals surface area contributed by atoms with Gasteiger partial charge in [-0.05, 0) is 57.1 Å². The molecule has 0 unspecified atom stereocenters. The van der Waals surface area contributed by atoms with E-state index in [1.54, 1.807) is 0 Å². The van der Waals surface area contributed by atoms with Crippen LogP contribution in [0, 0.1) is 26.7 Å². The molecule has 1 aliphatic carbocycles. The van der Waals surface area contributed by atoms with Gasteiger partial charge < -0.3 is 4.90 Å². The maximum atomic E-state index is 5.02. The summed E-state index contributed by atoms with van der Waals surface area (Å²) in [6, 6.07) is 13.3. The predicted octanol–water partition coefficient (Wildman–Crippen LogP) is 6.45. The Morgan fingerprint density at radius 3 is 2.30 bits per heavy atom. The fourth-order valence-corrected chi connectivity index (χ4v) is 4.37. The van der Waals surface area contributed by atoms with E-state index in [2.05, 4.69) is 75.2 Å². The maximum Gasteiger partial charge on any atom is 0.0787 e. The average molecular weight is 359 g/mol. The summed E-state index contributed by atoms with van der Waals surface area (Å²) in [6.07, 6.45) is 6.05. The molecule has 1 aliphatic rings. The number of fused-ring (bicyclic) bond motifs is 1. The van der Waals surface area contributed by atoms with Crippen molar-refractivity contribution in [3.8, 4) is 11.3 Å². The van der Waals surface area contributed by atoms with Gasteiger partial charge in [-0.15, -0.1) is 0 Å². The van der Waals surface area contributed by atoms with Crippen molar-refractivity contribution >= 4 is 16.5 Å². The van der Waals surface area contributed by atoms with E-state index in [0.29, 0.717) is 0 Å². The first-order valence-corrected chi connectivity index (χ1v) is 10.3. The Kier molecular flexibility index (Phi) is 4.90. The van der Waals surface area contributed by atoms with Crippen LogP contribution in [-0.4, -0.2) is 18.1 Å². The minimum atomic E-state index is 0.872. The van der Waals surface area contributed by atoms with E-state index in [-0.39, 0.29) is 0 Å². The topological polar surface area (TPSA) is 16.1 Å². The first-order chi connectivity index (χ1) is 13.1. The van der Waals surface area contributed by atoms with Crippen LogP contribution in [0.2, 0.25) is 0 Å². The number of pyridine rings is 1. The van der Waals surface area contributed by atoms with Gasteiger partial charge in [0, 0.05) is 29.4 Å². The summed E-state index contributed by atoms with van der Waals surface area (Å²) in [5.74, 6) is 0.872. The van der Waals surface area contributed by atoms with Crippen LogP contribution in [0.4, 0.5) is 5.69 Å². The standard InChI is InChI=1S/C25H30N2/c1-5-12-27(16-20-10-11-20)23-15-26-25(22-9-7-6-8-21(22)23)24-18(3)13-17(2)14-19(24)4/h6-9,13-15,20H,5,10-12,16H2,1-4H3. The second-order valence-corrected chi connectivity index (χ2v) is 8.20. The van der Waals surface area contributed by atoms with Crippen LogP contribution in [-0.2, 0) is 0 Å². The van der Waals surface area contributed by atoms with E-state index in [0.717, 1.165) is 18.2 Å². The molecule has 0 saturated heterocycles. The molecule has 2 aromatic carbocycles. The molecule has 0 N–H and O–H groups in total. The van der Waals surface area contributed by atoms with Crippen LogP contribution < -0.4 is 4.90 Å². The normalized spacial score (nSPS) is 13.9. The average Bonchev–Trinajstić information content (AvgIpc) is 3.45. The largest absolute Gasteiger partial charge is 0.370 e. The Morgan fingerprint density at radius 2 is 1.67 bits per heavy atom. The fourth-order valence-electron chi connectivity index (χ4n) is 4.37. The zero-order valence-electron chi connectivity index (χ0n) is 17.0. The highest BCUT2D eigenvalue weighted by atomic mass is 15.1. The predicted molar refractivity (Wildman–Crippen MR) is 117 cm³/mol. The molecule has 3 aromatic rings. The second kappa shape index (κ2) is 7.34. The number of aromatic nitrogens is 1.